The van der Waals surface area contributed by atoms with Crippen molar-refractivity contribution < 1.29 is 14.4 Å². The van der Waals surface area contributed by atoms with E-state index in [1.54, 1.807) is 0 Å². The fourth-order valence-electron chi connectivity index (χ4n) is 4.48. The molecule has 0 aromatic heterocycles. The van der Waals surface area contributed by atoms with E-state index in [1.807, 2.05) is 0 Å². The molecule has 33 heavy (non-hydrogen) atoms. The van der Waals surface area contributed by atoms with Crippen molar-refractivity contribution in [2.45, 2.75) is 155 Å². The number of hydrogen-bond acceptors (Lipinski definition) is 3. The monoisotopic (exact) mass is 466 g/mol. The molecule has 0 aliphatic heterocycles. The zero-order valence-electron chi connectivity index (χ0n) is 21.7. The minimum Gasteiger partial charge on any atom is -0.370 e. The second-order valence-corrected chi connectivity index (χ2v) is 9.89. The van der Waals surface area contributed by atoms with E-state index < -0.39 is 11.8 Å². The summed E-state index contributed by atoms with van der Waals surface area (Å²) in [5.74, 6) is -1.34. The normalized spacial score (nSPS) is 12.0. The molecule has 0 radical (unpaired) electrons. The van der Waals surface area contributed by atoms with E-state index in [0.717, 1.165) is 44.9 Å². The molecule has 0 saturated heterocycles. The number of Topliss-reactive ketones (excluding diaryl/α,β-unsaturated/α-hetero) is 1. The van der Waals surface area contributed by atoms with Gasteiger partial charge in [0, 0.05) is 12.8 Å². The van der Waals surface area contributed by atoms with Crippen molar-refractivity contribution >= 4 is 17.6 Å². The fourth-order valence-corrected chi connectivity index (χ4v) is 4.48. The van der Waals surface area contributed by atoms with E-state index in [1.165, 1.54) is 83.5 Å². The Kier molecular flexibility index (Phi) is 22.8. The Balaban J connectivity index is 3.57. The lowest BCUT2D eigenvalue weighted by molar-refractivity contribution is -0.132. The minimum atomic E-state index is -0.623. The first kappa shape index (κ1) is 31.6. The summed E-state index contributed by atoms with van der Waals surface area (Å²) in [6.07, 6.45) is 25.5. The van der Waals surface area contributed by atoms with E-state index >= 15 is 0 Å². The summed E-state index contributed by atoms with van der Waals surface area (Å²) in [5, 5.41) is 0. The maximum Gasteiger partial charge on any atom is 0.227 e. The molecule has 194 valence electrons. The zero-order chi connectivity index (χ0) is 24.6. The molecule has 5 nitrogen and oxygen atoms in total. The zero-order valence-corrected chi connectivity index (χ0v) is 21.7. The van der Waals surface area contributed by atoms with Gasteiger partial charge in [-0.25, -0.2) is 0 Å². The summed E-state index contributed by atoms with van der Waals surface area (Å²) < 4.78 is 0. The van der Waals surface area contributed by atoms with Crippen LogP contribution in [0.3, 0.4) is 0 Å². The Labute approximate surface area is 204 Å². The highest BCUT2D eigenvalue weighted by Crippen LogP contribution is 2.17. The van der Waals surface area contributed by atoms with Gasteiger partial charge in [0.1, 0.15) is 5.78 Å². The average molecular weight is 467 g/mol. The van der Waals surface area contributed by atoms with Gasteiger partial charge in [0.15, 0.2) is 0 Å². The predicted molar refractivity (Wildman–Crippen MR) is 139 cm³/mol. The molecule has 0 heterocycles. The third kappa shape index (κ3) is 22.2. The number of rotatable bonds is 26. The van der Waals surface area contributed by atoms with E-state index in [2.05, 4.69) is 6.92 Å². The van der Waals surface area contributed by atoms with Crippen LogP contribution in [0.1, 0.15) is 155 Å². The highest BCUT2D eigenvalue weighted by Gasteiger charge is 2.22. The third-order valence-corrected chi connectivity index (χ3v) is 6.67. The van der Waals surface area contributed by atoms with Gasteiger partial charge in [0.25, 0.3) is 0 Å². The summed E-state index contributed by atoms with van der Waals surface area (Å²) in [4.78, 5) is 34.8. The number of unbranched alkanes of at least 4 members (excludes halogenated alkanes) is 18. The summed E-state index contributed by atoms with van der Waals surface area (Å²) >= 11 is 0. The molecule has 0 saturated carbocycles. The van der Waals surface area contributed by atoms with Crippen LogP contribution >= 0.6 is 0 Å². The van der Waals surface area contributed by atoms with Gasteiger partial charge in [-0.15, -0.1) is 0 Å². The van der Waals surface area contributed by atoms with Crippen LogP contribution in [0.2, 0.25) is 0 Å². The number of hydrogen-bond donors (Lipinski definition) is 2. The molecule has 5 heteroatoms. The first-order chi connectivity index (χ1) is 16.0. The van der Waals surface area contributed by atoms with Crippen molar-refractivity contribution in [3.05, 3.63) is 0 Å². The number of primary amides is 2. The van der Waals surface area contributed by atoms with Crippen molar-refractivity contribution in [2.24, 2.45) is 17.4 Å². The van der Waals surface area contributed by atoms with Crippen molar-refractivity contribution in [1.29, 1.82) is 0 Å². The summed E-state index contributed by atoms with van der Waals surface area (Å²) in [5.41, 5.74) is 10.6. The van der Waals surface area contributed by atoms with Crippen LogP contribution in [-0.4, -0.2) is 17.6 Å². The van der Waals surface area contributed by atoms with Crippen molar-refractivity contribution in [1.82, 2.24) is 0 Å². The first-order valence-electron chi connectivity index (χ1n) is 14.1. The van der Waals surface area contributed by atoms with Gasteiger partial charge in [0.05, 0.1) is 5.92 Å². The van der Waals surface area contributed by atoms with Crippen molar-refractivity contribution in [2.75, 3.05) is 0 Å². The highest BCUT2D eigenvalue weighted by molar-refractivity contribution is 6.00. The fraction of sp³-hybridized carbons (Fsp3) is 0.893. The van der Waals surface area contributed by atoms with E-state index in [-0.39, 0.29) is 11.7 Å². The van der Waals surface area contributed by atoms with Gasteiger partial charge in [0.2, 0.25) is 11.8 Å². The molecule has 0 aliphatic carbocycles. The molecule has 1 unspecified atom stereocenters. The quantitative estimate of drug-likeness (QED) is 0.105. The average Bonchev–Trinajstić information content (AvgIpc) is 2.77. The van der Waals surface area contributed by atoms with Crippen LogP contribution in [0.25, 0.3) is 0 Å². The Morgan fingerprint density at radius 2 is 0.879 bits per heavy atom. The minimum absolute atomic E-state index is 0.0194. The molecule has 4 N–H and O–H groups in total. The van der Waals surface area contributed by atoms with Gasteiger partial charge >= 0.3 is 0 Å². The van der Waals surface area contributed by atoms with Crippen molar-refractivity contribution in [3.63, 3.8) is 0 Å². The summed E-state index contributed by atoms with van der Waals surface area (Å²) in [6.45, 7) is 2.27. The van der Waals surface area contributed by atoms with E-state index in [9.17, 15) is 14.4 Å². The number of carbonyl (C=O) groups excluding carboxylic acids is 3. The van der Waals surface area contributed by atoms with Gasteiger partial charge in [-0.05, 0) is 19.3 Å². The topological polar surface area (TPSA) is 103 Å². The second-order valence-electron chi connectivity index (χ2n) is 9.89. The lowest BCUT2D eigenvalue weighted by Gasteiger charge is -2.12. The first-order valence-corrected chi connectivity index (χ1v) is 14.1. The molecule has 0 bridgehead atoms. The molecule has 2 amide bonds. The lowest BCUT2D eigenvalue weighted by atomic mass is 9.92. The Morgan fingerprint density at radius 3 is 1.27 bits per heavy atom. The van der Waals surface area contributed by atoms with Crippen molar-refractivity contribution in [3.8, 4) is 0 Å². The summed E-state index contributed by atoms with van der Waals surface area (Å²) in [7, 11) is 0. The Hall–Kier alpha value is -1.39. The number of carbonyl (C=O) groups is 3. The molecule has 0 aliphatic rings. The van der Waals surface area contributed by atoms with Crippen LogP contribution in [0.5, 0.6) is 0 Å². The van der Waals surface area contributed by atoms with E-state index in [0.29, 0.717) is 19.3 Å². The molecule has 0 rings (SSSR count). The Bertz CT molecular complexity index is 494. The van der Waals surface area contributed by atoms with Gasteiger partial charge < -0.3 is 11.5 Å². The maximum atomic E-state index is 12.4. The van der Waals surface area contributed by atoms with Crippen LogP contribution in [0.4, 0.5) is 0 Å². The standard InChI is InChI=1S/C28H54N2O3/c1-2-3-4-5-6-7-8-9-10-11-12-13-14-17-20-23-26(31)25(28(30)33)22-19-16-15-18-21-24-27(29)32/h25H,2-24H2,1H3,(H2,29,32)(H2,30,33). The lowest BCUT2D eigenvalue weighted by Crippen LogP contribution is -2.30. The molecule has 0 fully saturated rings. The number of nitrogens with two attached hydrogens (primary N) is 2. The van der Waals surface area contributed by atoms with Gasteiger partial charge in [-0.2, -0.15) is 0 Å². The number of amides is 2. The molecule has 0 spiro atoms. The highest BCUT2D eigenvalue weighted by atomic mass is 16.2. The SMILES string of the molecule is CCCCCCCCCCCCCCCCCC(=O)C(CCCCCCCC(N)=O)C(N)=O. The smallest absolute Gasteiger partial charge is 0.227 e. The molecule has 1 atom stereocenters. The Morgan fingerprint density at radius 1 is 0.515 bits per heavy atom. The van der Waals surface area contributed by atoms with Crippen LogP contribution < -0.4 is 11.5 Å². The molecule has 0 aromatic rings. The predicted octanol–water partition coefficient (Wildman–Crippen LogP) is 7.13. The third-order valence-electron chi connectivity index (χ3n) is 6.67. The van der Waals surface area contributed by atoms with Crippen LogP contribution in [0, 0.1) is 5.92 Å². The molecular weight excluding hydrogens is 412 g/mol. The second kappa shape index (κ2) is 23.8. The van der Waals surface area contributed by atoms with Gasteiger partial charge in [-0.3, -0.25) is 14.4 Å². The van der Waals surface area contributed by atoms with Crippen LogP contribution in [-0.2, 0) is 14.4 Å². The number of ketones is 1. The van der Waals surface area contributed by atoms with Gasteiger partial charge in [-0.1, -0.05) is 122 Å². The van der Waals surface area contributed by atoms with E-state index in [4.69, 9.17) is 11.5 Å². The summed E-state index contributed by atoms with van der Waals surface area (Å²) in [6, 6.07) is 0. The largest absolute Gasteiger partial charge is 0.370 e. The molecular formula is C28H54N2O3. The maximum absolute atomic E-state index is 12.4. The van der Waals surface area contributed by atoms with Crippen LogP contribution in [0.15, 0.2) is 0 Å². The molecule has 0 aromatic carbocycles.